The van der Waals surface area contributed by atoms with Gasteiger partial charge in [-0.3, -0.25) is 9.79 Å². The van der Waals surface area contributed by atoms with E-state index in [1.54, 1.807) is 31.2 Å². The molecule has 0 bridgehead atoms. The van der Waals surface area contributed by atoms with Gasteiger partial charge in [-0.25, -0.2) is 9.79 Å². The van der Waals surface area contributed by atoms with Gasteiger partial charge in [0.1, 0.15) is 5.92 Å². The molecule has 0 aromatic heterocycles. The second kappa shape index (κ2) is 11.3. The molecule has 1 aromatic carbocycles. The van der Waals surface area contributed by atoms with E-state index in [0.29, 0.717) is 47.4 Å². The molecule has 1 aromatic rings. The van der Waals surface area contributed by atoms with E-state index in [-0.39, 0.29) is 12.2 Å². The van der Waals surface area contributed by atoms with Crippen molar-refractivity contribution in [2.75, 3.05) is 34.0 Å². The number of hydrogen-bond donors (Lipinski definition) is 0. The van der Waals surface area contributed by atoms with Crippen LogP contribution < -0.4 is 0 Å². The van der Waals surface area contributed by atoms with Gasteiger partial charge in [-0.15, -0.1) is 0 Å². The van der Waals surface area contributed by atoms with Crippen molar-refractivity contribution in [2.24, 2.45) is 15.9 Å². The number of ether oxygens (including phenoxy) is 5. The van der Waals surface area contributed by atoms with Crippen molar-refractivity contribution in [1.82, 2.24) is 0 Å². The molecular weight excluding hydrogens is 524 g/mol. The molecule has 0 spiro atoms. The Bertz CT molecular complexity index is 1370. The van der Waals surface area contributed by atoms with Crippen LogP contribution in [0.1, 0.15) is 31.2 Å². The van der Waals surface area contributed by atoms with Crippen LogP contribution in [-0.2, 0) is 33.3 Å². The number of carbonyl (C=O) groups is 2. The summed E-state index contributed by atoms with van der Waals surface area (Å²) in [5.74, 6) is -3.03. The molecule has 10 heteroatoms. The van der Waals surface area contributed by atoms with E-state index >= 15 is 0 Å². The summed E-state index contributed by atoms with van der Waals surface area (Å²) in [5.41, 5.74) is 3.59. The lowest BCUT2D eigenvalue weighted by molar-refractivity contribution is -0.143. The number of carbonyl (C=O) groups excluding carboxylic acids is 2. The smallest absolute Gasteiger partial charge is 0.375 e. The fraction of sp³-hybridized carbons (Fsp3) is 0.379. The first kappa shape index (κ1) is 27.1. The molecule has 4 aliphatic rings. The Labute approximate surface area is 231 Å². The molecule has 0 radical (unpaired) electrons. The molecule has 1 fully saturated rings. The van der Waals surface area contributed by atoms with Crippen LogP contribution in [-0.4, -0.2) is 63.3 Å². The van der Waals surface area contributed by atoms with Gasteiger partial charge in [0.15, 0.2) is 0 Å². The van der Waals surface area contributed by atoms with Crippen LogP contribution >= 0.6 is 11.6 Å². The van der Waals surface area contributed by atoms with E-state index in [0.717, 1.165) is 17.7 Å². The number of halogens is 1. The fourth-order valence-corrected chi connectivity index (χ4v) is 5.25. The monoisotopic (exact) mass is 552 g/mol. The first-order valence-corrected chi connectivity index (χ1v) is 13.0. The van der Waals surface area contributed by atoms with E-state index in [2.05, 4.69) is 16.1 Å². The lowest BCUT2D eigenvalue weighted by Gasteiger charge is -2.32. The van der Waals surface area contributed by atoms with E-state index in [9.17, 15) is 9.59 Å². The van der Waals surface area contributed by atoms with Gasteiger partial charge in [0.05, 0.1) is 44.4 Å². The summed E-state index contributed by atoms with van der Waals surface area (Å²) in [6.07, 6.45) is 9.51. The maximum absolute atomic E-state index is 13.0. The molecule has 5 rings (SSSR count). The molecule has 1 saturated heterocycles. The van der Waals surface area contributed by atoms with E-state index in [4.69, 9.17) is 35.3 Å². The van der Waals surface area contributed by atoms with Crippen molar-refractivity contribution in [1.29, 1.82) is 0 Å². The lowest BCUT2D eigenvalue weighted by atomic mass is 9.75. The molecule has 0 saturated carbocycles. The Hall–Kier alpha value is -3.53. The first-order valence-electron chi connectivity index (χ1n) is 12.7. The van der Waals surface area contributed by atoms with Crippen molar-refractivity contribution in [3.05, 3.63) is 81.8 Å². The van der Waals surface area contributed by atoms with Gasteiger partial charge in [0.2, 0.25) is 5.76 Å². The number of benzene rings is 1. The van der Waals surface area contributed by atoms with Gasteiger partial charge in [0.25, 0.3) is 0 Å². The highest BCUT2D eigenvalue weighted by atomic mass is 35.5. The minimum absolute atomic E-state index is 0.0324. The fourth-order valence-electron chi connectivity index (χ4n) is 5.00. The third-order valence-corrected chi connectivity index (χ3v) is 7.25. The summed E-state index contributed by atoms with van der Waals surface area (Å²) in [7, 11) is 2.58. The number of rotatable bonds is 10. The van der Waals surface area contributed by atoms with Crippen LogP contribution in [0.4, 0.5) is 0 Å². The van der Waals surface area contributed by atoms with Crippen molar-refractivity contribution >= 4 is 35.0 Å². The Kier molecular flexibility index (Phi) is 7.83. The van der Waals surface area contributed by atoms with Gasteiger partial charge in [-0.2, -0.15) is 0 Å². The number of epoxide rings is 1. The number of esters is 2. The molecular formula is C29H29ClN2O7. The number of allylic oxidation sites excluding steroid dienone is 5. The van der Waals surface area contributed by atoms with Gasteiger partial charge in [0, 0.05) is 23.3 Å². The zero-order chi connectivity index (χ0) is 27.6. The third-order valence-electron chi connectivity index (χ3n) is 6.90. The summed E-state index contributed by atoms with van der Waals surface area (Å²) in [5, 5.41) is 0.414. The standard InChI is InChI=1S/C29H29ClN2O7/c1-17-24(27(33)35-2)25(19-10-5-6-11-20(19)30)26(28(34)36-3)22(31-17)16-37-13-8-14-38-29-23(39-29)15-18-9-4-7-12-21(18)32-29/h5-7,9-12,15,24-25H,4,8,13-14,16H2,1-3H3. The number of aliphatic imine (C=N–C) groups is 2. The number of fused-ring (bicyclic) bond motifs is 2. The average molecular weight is 553 g/mol. The van der Waals surface area contributed by atoms with Crippen molar-refractivity contribution in [3.8, 4) is 0 Å². The SMILES string of the molecule is COC(=O)C1=C(COCCCOC23N=C4C=CCC=C4C=C2O3)N=C(C)C(C(=O)OC)C1c1ccccc1Cl. The van der Waals surface area contributed by atoms with Gasteiger partial charge in [-0.05, 0) is 49.1 Å². The van der Waals surface area contributed by atoms with Crippen molar-refractivity contribution < 1.29 is 33.3 Å². The maximum atomic E-state index is 13.0. The summed E-state index contributed by atoms with van der Waals surface area (Å²) < 4.78 is 27.6. The number of methoxy groups -OCH3 is 2. The Morgan fingerprint density at radius 3 is 2.77 bits per heavy atom. The van der Waals surface area contributed by atoms with Crippen molar-refractivity contribution in [3.63, 3.8) is 0 Å². The van der Waals surface area contributed by atoms with Gasteiger partial charge >= 0.3 is 17.8 Å². The summed E-state index contributed by atoms with van der Waals surface area (Å²) >= 11 is 6.52. The molecule has 0 amide bonds. The highest BCUT2D eigenvalue weighted by Crippen LogP contribution is 2.48. The highest BCUT2D eigenvalue weighted by molar-refractivity contribution is 6.31. The molecule has 0 N–H and O–H groups in total. The van der Waals surface area contributed by atoms with Crippen LogP contribution in [0.3, 0.4) is 0 Å². The van der Waals surface area contributed by atoms with E-state index in [1.807, 2.05) is 18.2 Å². The summed E-state index contributed by atoms with van der Waals surface area (Å²) in [6.45, 7) is 2.45. The molecule has 3 aliphatic heterocycles. The quantitative estimate of drug-likeness (QED) is 0.240. The molecule has 204 valence electrons. The first-order chi connectivity index (χ1) is 18.9. The second-order valence-corrected chi connectivity index (χ2v) is 9.75. The van der Waals surface area contributed by atoms with Crippen LogP contribution in [0.5, 0.6) is 0 Å². The molecule has 3 atom stereocenters. The molecule has 9 nitrogen and oxygen atoms in total. The van der Waals surface area contributed by atoms with E-state index in [1.165, 1.54) is 14.2 Å². The lowest BCUT2D eigenvalue weighted by Crippen LogP contribution is -2.37. The Balaban J connectivity index is 1.27. The number of nitrogens with zero attached hydrogens (tertiary/aromatic N) is 2. The Morgan fingerprint density at radius 2 is 2.00 bits per heavy atom. The predicted octanol–water partition coefficient (Wildman–Crippen LogP) is 4.45. The topological polar surface area (TPSA) is 108 Å². The number of dihydropyridines is 1. The van der Waals surface area contributed by atoms with Crippen LogP contribution in [0, 0.1) is 5.92 Å². The van der Waals surface area contributed by atoms with Gasteiger partial charge in [-0.1, -0.05) is 42.0 Å². The third kappa shape index (κ3) is 5.34. The van der Waals surface area contributed by atoms with Gasteiger partial charge < -0.3 is 23.7 Å². The van der Waals surface area contributed by atoms with Crippen LogP contribution in [0.25, 0.3) is 0 Å². The van der Waals surface area contributed by atoms with Crippen LogP contribution in [0.2, 0.25) is 5.02 Å². The predicted molar refractivity (Wildman–Crippen MR) is 144 cm³/mol. The average Bonchev–Trinajstić information content (AvgIpc) is 3.65. The summed E-state index contributed by atoms with van der Waals surface area (Å²) in [4.78, 5) is 35.0. The second-order valence-electron chi connectivity index (χ2n) is 9.35. The molecule has 3 heterocycles. The zero-order valence-corrected chi connectivity index (χ0v) is 22.7. The minimum atomic E-state index is -1.02. The maximum Gasteiger partial charge on any atom is 0.375 e. The normalized spacial score (nSPS) is 24.8. The Morgan fingerprint density at radius 1 is 1.18 bits per heavy atom. The molecule has 3 unspecified atom stereocenters. The molecule has 1 aliphatic carbocycles. The summed E-state index contributed by atoms with van der Waals surface area (Å²) in [6, 6.07) is 7.06. The largest absolute Gasteiger partial charge is 0.468 e. The van der Waals surface area contributed by atoms with Crippen molar-refractivity contribution in [2.45, 2.75) is 31.6 Å². The highest BCUT2D eigenvalue weighted by Gasteiger charge is 2.57. The van der Waals surface area contributed by atoms with Crippen LogP contribution in [0.15, 0.2) is 81.2 Å². The van der Waals surface area contributed by atoms with E-state index < -0.39 is 29.7 Å². The number of hydrogen-bond acceptors (Lipinski definition) is 9. The molecule has 39 heavy (non-hydrogen) atoms. The zero-order valence-electron chi connectivity index (χ0n) is 21.9. The minimum Gasteiger partial charge on any atom is -0.468 e.